The third kappa shape index (κ3) is 2.49. The quantitative estimate of drug-likeness (QED) is 0.811. The molecule has 0 unspecified atom stereocenters. The maximum atomic E-state index is 11.4. The first-order chi connectivity index (χ1) is 6.97. The molecule has 1 aromatic rings. The van der Waals surface area contributed by atoms with Crippen LogP contribution in [-0.2, 0) is 4.79 Å². The van der Waals surface area contributed by atoms with Crippen LogP contribution in [0, 0.1) is 25.2 Å². The number of aryl methyl sites for hydroxylation is 1. The minimum Gasteiger partial charge on any atom is -0.315 e. The zero-order chi connectivity index (χ0) is 11.6. The number of carbonyl (C=O) groups excluding carboxylic acids is 1. The Morgan fingerprint density at radius 1 is 1.60 bits per heavy atom. The fraction of sp³-hybridized carbons (Fsp3) is 0.400. The molecule has 1 N–H and O–H groups in total. The highest BCUT2D eigenvalue weighted by Crippen LogP contribution is 2.31. The van der Waals surface area contributed by atoms with Crippen LogP contribution in [0.1, 0.15) is 22.9 Å². The summed E-state index contributed by atoms with van der Waals surface area (Å²) in [6, 6.07) is 2.08. The van der Waals surface area contributed by atoms with Crippen molar-refractivity contribution in [3.63, 3.8) is 0 Å². The summed E-state index contributed by atoms with van der Waals surface area (Å²) in [5, 5.41) is 11.6. The van der Waals surface area contributed by atoms with E-state index in [1.54, 1.807) is 6.92 Å². The predicted octanol–water partition coefficient (Wildman–Crippen LogP) is 2.80. The van der Waals surface area contributed by atoms with Crippen molar-refractivity contribution in [2.75, 3.05) is 5.32 Å². The van der Waals surface area contributed by atoms with E-state index in [1.807, 2.05) is 13.8 Å². The molecule has 0 aliphatic heterocycles. The van der Waals surface area contributed by atoms with Crippen LogP contribution in [0.2, 0.25) is 0 Å². The van der Waals surface area contributed by atoms with E-state index in [-0.39, 0.29) is 5.91 Å². The van der Waals surface area contributed by atoms with E-state index in [9.17, 15) is 4.79 Å². The molecule has 3 nitrogen and oxygen atoms in total. The number of hydrogen-bond donors (Lipinski definition) is 1. The van der Waals surface area contributed by atoms with Crippen LogP contribution in [-0.4, -0.2) is 11.3 Å². The first kappa shape index (κ1) is 12.0. The number of rotatable bonds is 2. The molecule has 0 aromatic carbocycles. The van der Waals surface area contributed by atoms with Crippen LogP contribution >= 0.6 is 22.9 Å². The van der Waals surface area contributed by atoms with Crippen molar-refractivity contribution >= 4 is 33.8 Å². The lowest BCUT2D eigenvalue weighted by Gasteiger charge is -2.03. The van der Waals surface area contributed by atoms with Gasteiger partial charge in [-0.15, -0.1) is 22.9 Å². The van der Waals surface area contributed by atoms with Crippen LogP contribution in [0.3, 0.4) is 0 Å². The van der Waals surface area contributed by atoms with Gasteiger partial charge in [-0.1, -0.05) is 0 Å². The van der Waals surface area contributed by atoms with E-state index in [2.05, 4.69) is 11.4 Å². The summed E-state index contributed by atoms with van der Waals surface area (Å²) in [4.78, 5) is 12.4. The van der Waals surface area contributed by atoms with Gasteiger partial charge in [0.2, 0.25) is 5.91 Å². The highest BCUT2D eigenvalue weighted by atomic mass is 35.5. The highest BCUT2D eigenvalue weighted by molar-refractivity contribution is 7.16. The van der Waals surface area contributed by atoms with Gasteiger partial charge in [0.05, 0.1) is 5.56 Å². The van der Waals surface area contributed by atoms with Crippen molar-refractivity contribution in [1.82, 2.24) is 0 Å². The molecule has 15 heavy (non-hydrogen) atoms. The molecule has 1 aromatic heterocycles. The van der Waals surface area contributed by atoms with Crippen molar-refractivity contribution in [1.29, 1.82) is 5.26 Å². The normalized spacial score (nSPS) is 11.9. The van der Waals surface area contributed by atoms with Gasteiger partial charge in [0, 0.05) is 4.88 Å². The molecule has 0 bridgehead atoms. The van der Waals surface area contributed by atoms with Crippen molar-refractivity contribution in [3.05, 3.63) is 16.0 Å². The fourth-order valence-electron chi connectivity index (χ4n) is 1.06. The van der Waals surface area contributed by atoms with Gasteiger partial charge in [0.1, 0.15) is 16.4 Å². The number of hydrogen-bond acceptors (Lipinski definition) is 3. The third-order valence-electron chi connectivity index (χ3n) is 2.10. The van der Waals surface area contributed by atoms with Gasteiger partial charge >= 0.3 is 0 Å². The number of nitriles is 1. The number of nitrogens with zero attached hydrogens (tertiary/aromatic N) is 1. The van der Waals surface area contributed by atoms with Gasteiger partial charge < -0.3 is 5.32 Å². The largest absolute Gasteiger partial charge is 0.315 e. The molecule has 80 valence electrons. The Hall–Kier alpha value is -1.05. The Balaban J connectivity index is 3.02. The maximum Gasteiger partial charge on any atom is 0.242 e. The Bertz CT molecular complexity index is 431. The number of halogens is 1. The minimum atomic E-state index is -0.598. The van der Waals surface area contributed by atoms with Crippen molar-refractivity contribution < 1.29 is 4.79 Å². The topological polar surface area (TPSA) is 52.9 Å². The first-order valence-corrected chi connectivity index (χ1v) is 5.67. The predicted molar refractivity (Wildman–Crippen MR) is 62.5 cm³/mol. The summed E-state index contributed by atoms with van der Waals surface area (Å²) >= 11 is 7.03. The van der Waals surface area contributed by atoms with Crippen LogP contribution in [0.4, 0.5) is 5.00 Å². The number of nitrogens with one attached hydrogen (secondary N) is 1. The van der Waals surface area contributed by atoms with Crippen LogP contribution in [0.5, 0.6) is 0 Å². The average molecular weight is 243 g/mol. The highest BCUT2D eigenvalue weighted by Gasteiger charge is 2.16. The summed E-state index contributed by atoms with van der Waals surface area (Å²) in [5.74, 6) is -0.283. The molecule has 1 rings (SSSR count). The SMILES string of the molecule is Cc1sc(NC(=O)[C@@H](C)Cl)c(C#N)c1C. The Kier molecular flexibility index (Phi) is 3.72. The number of carbonyl (C=O) groups is 1. The minimum absolute atomic E-state index is 0.283. The van der Waals surface area contributed by atoms with E-state index in [0.717, 1.165) is 10.4 Å². The summed E-state index contributed by atoms with van der Waals surface area (Å²) in [7, 11) is 0. The molecule has 1 heterocycles. The number of alkyl halides is 1. The molecule has 1 atom stereocenters. The van der Waals surface area contributed by atoms with Crippen molar-refractivity contribution in [2.24, 2.45) is 0 Å². The molecular formula is C10H11ClN2OS. The number of anilines is 1. The summed E-state index contributed by atoms with van der Waals surface area (Å²) in [6.07, 6.45) is 0. The van der Waals surface area contributed by atoms with Gasteiger partial charge in [-0.05, 0) is 26.3 Å². The molecular weight excluding hydrogens is 232 g/mol. The van der Waals surface area contributed by atoms with Gasteiger partial charge in [-0.2, -0.15) is 5.26 Å². The Morgan fingerprint density at radius 3 is 2.67 bits per heavy atom. The van der Waals surface area contributed by atoms with Crippen LogP contribution in [0.25, 0.3) is 0 Å². The summed E-state index contributed by atoms with van der Waals surface area (Å²) < 4.78 is 0. The van der Waals surface area contributed by atoms with E-state index < -0.39 is 5.38 Å². The second-order valence-corrected chi connectivity index (χ2v) is 5.08. The van der Waals surface area contributed by atoms with Gasteiger partial charge in [0.15, 0.2) is 0 Å². The first-order valence-electron chi connectivity index (χ1n) is 4.42. The van der Waals surface area contributed by atoms with Crippen molar-refractivity contribution in [2.45, 2.75) is 26.1 Å². The zero-order valence-electron chi connectivity index (χ0n) is 8.72. The number of thiophene rings is 1. The summed E-state index contributed by atoms with van der Waals surface area (Å²) in [6.45, 7) is 5.38. The second-order valence-electron chi connectivity index (χ2n) is 3.20. The van der Waals surface area contributed by atoms with E-state index >= 15 is 0 Å². The van der Waals surface area contributed by atoms with Gasteiger partial charge in [-0.25, -0.2) is 0 Å². The molecule has 0 aliphatic rings. The Morgan fingerprint density at radius 2 is 2.20 bits per heavy atom. The van der Waals surface area contributed by atoms with Gasteiger partial charge in [0.25, 0.3) is 0 Å². The lowest BCUT2D eigenvalue weighted by Crippen LogP contribution is -2.20. The van der Waals surface area contributed by atoms with Crippen LogP contribution in [0.15, 0.2) is 0 Å². The molecule has 0 saturated heterocycles. The van der Waals surface area contributed by atoms with Gasteiger partial charge in [-0.3, -0.25) is 4.79 Å². The van der Waals surface area contributed by atoms with E-state index in [1.165, 1.54) is 11.3 Å². The number of amides is 1. The molecule has 0 saturated carbocycles. The molecule has 0 aliphatic carbocycles. The standard InChI is InChI=1S/C10H11ClN2OS/c1-5-7(3)15-10(8(5)4-12)13-9(14)6(2)11/h6H,1-3H3,(H,13,14)/t6-/m1/s1. The lowest BCUT2D eigenvalue weighted by molar-refractivity contribution is -0.115. The van der Waals surface area contributed by atoms with Crippen LogP contribution < -0.4 is 5.32 Å². The molecule has 5 heteroatoms. The zero-order valence-corrected chi connectivity index (χ0v) is 10.3. The van der Waals surface area contributed by atoms with E-state index in [0.29, 0.717) is 10.6 Å². The van der Waals surface area contributed by atoms with E-state index in [4.69, 9.17) is 16.9 Å². The smallest absolute Gasteiger partial charge is 0.242 e. The third-order valence-corrected chi connectivity index (χ3v) is 3.42. The summed E-state index contributed by atoms with van der Waals surface area (Å²) in [5.41, 5.74) is 1.45. The lowest BCUT2D eigenvalue weighted by atomic mass is 10.2. The molecule has 0 radical (unpaired) electrons. The second kappa shape index (κ2) is 4.65. The molecule has 1 amide bonds. The maximum absolute atomic E-state index is 11.4. The molecule has 0 fully saturated rings. The fourth-order valence-corrected chi connectivity index (χ4v) is 2.13. The average Bonchev–Trinajstić information content (AvgIpc) is 2.42. The monoisotopic (exact) mass is 242 g/mol. The molecule has 0 spiro atoms. The van der Waals surface area contributed by atoms with Crippen molar-refractivity contribution in [3.8, 4) is 6.07 Å². The Labute approximate surface area is 97.7 Å².